The van der Waals surface area contributed by atoms with Gasteiger partial charge in [-0.1, -0.05) is 0 Å². The van der Waals surface area contributed by atoms with E-state index in [0.29, 0.717) is 0 Å². The van der Waals surface area contributed by atoms with Crippen LogP contribution in [0.4, 0.5) is 0 Å². The minimum Gasteiger partial charge on any atom is -0.380 e. The van der Waals surface area contributed by atoms with Crippen molar-refractivity contribution in [1.29, 1.82) is 0 Å². The Kier molecular flexibility index (Phi) is 7.21. The molecule has 0 rings (SSSR count). The first-order valence-corrected chi connectivity index (χ1v) is 8.48. The molecule has 2 atom stereocenters. The highest BCUT2D eigenvalue weighted by Crippen LogP contribution is 2.59. The molecule has 6 nitrogen and oxygen atoms in total. The summed E-state index contributed by atoms with van der Waals surface area (Å²) in [4.78, 5) is 18.9. The minimum atomic E-state index is -3.93. The predicted octanol–water partition coefficient (Wildman–Crippen LogP) is 0.0678. The summed E-state index contributed by atoms with van der Waals surface area (Å²) in [6.07, 6.45) is -1.01. The third-order valence-electron chi connectivity index (χ3n) is 2.42. The Hall–Kier alpha value is 1.07. The summed E-state index contributed by atoms with van der Waals surface area (Å²) in [5, 5.41) is 15.2. The van der Waals surface area contributed by atoms with E-state index in [-0.39, 0.29) is 23.1 Å². The summed E-state index contributed by atoms with van der Waals surface area (Å²) in [5.74, 6) is 0. The van der Waals surface area contributed by atoms with E-state index in [1.54, 1.807) is 0 Å². The molecule has 0 amide bonds. The fraction of sp³-hybridized carbons (Fsp3) is 1.00. The maximum Gasteiger partial charge on any atom is 0.316 e. The molecule has 0 aliphatic heterocycles. The van der Waals surface area contributed by atoms with E-state index in [2.05, 4.69) is 0 Å². The molecular formula is C8H22MgO6P2. The standard InChI is InChI=1S/C8H20O6P2.Mg.2H/c1-7(2,9)15(11,12)5-6-16(13,14)8(3,4)10;;;/h9-10H,5-6H2,1-4H3,(H,11,12)(H,13,14);;;. The Bertz CT molecular complexity index is 309. The second-order valence-electron chi connectivity index (χ2n) is 4.84. The van der Waals surface area contributed by atoms with Gasteiger partial charge in [-0.15, -0.1) is 0 Å². The molecule has 4 N–H and O–H groups in total. The van der Waals surface area contributed by atoms with Crippen molar-refractivity contribution in [2.45, 2.75) is 38.4 Å². The van der Waals surface area contributed by atoms with Crippen LogP contribution >= 0.6 is 14.7 Å². The Balaban J connectivity index is 0. The molecule has 9 heteroatoms. The first-order chi connectivity index (χ1) is 6.71. The van der Waals surface area contributed by atoms with E-state index in [4.69, 9.17) is 0 Å². The Morgan fingerprint density at radius 3 is 1.12 bits per heavy atom. The molecule has 0 radical (unpaired) electrons. The maximum absolute atomic E-state index is 11.6. The zero-order chi connectivity index (χ0) is 13.4. The highest BCUT2D eigenvalue weighted by molar-refractivity contribution is 7.63. The van der Waals surface area contributed by atoms with Crippen LogP contribution in [0, 0.1) is 0 Å². The van der Waals surface area contributed by atoms with Crippen molar-refractivity contribution in [3.8, 4) is 0 Å². The van der Waals surface area contributed by atoms with Gasteiger partial charge in [0, 0.05) is 12.3 Å². The van der Waals surface area contributed by atoms with Crippen LogP contribution in [0.3, 0.4) is 0 Å². The summed E-state index contributed by atoms with van der Waals surface area (Å²) in [7, 11) is -7.86. The summed E-state index contributed by atoms with van der Waals surface area (Å²) < 4.78 is 23.2. The van der Waals surface area contributed by atoms with Gasteiger partial charge < -0.3 is 20.0 Å². The van der Waals surface area contributed by atoms with Crippen molar-refractivity contribution in [2.75, 3.05) is 12.3 Å². The lowest BCUT2D eigenvalue weighted by Crippen LogP contribution is -2.25. The van der Waals surface area contributed by atoms with Gasteiger partial charge in [-0.3, -0.25) is 9.13 Å². The highest BCUT2D eigenvalue weighted by Gasteiger charge is 2.42. The Labute approximate surface area is 117 Å². The van der Waals surface area contributed by atoms with Gasteiger partial charge in [0.2, 0.25) is 14.7 Å². The van der Waals surface area contributed by atoms with Crippen molar-refractivity contribution in [3.63, 3.8) is 0 Å². The molecule has 0 bridgehead atoms. The third-order valence-corrected chi connectivity index (χ3v) is 7.85. The fourth-order valence-electron chi connectivity index (χ4n) is 0.818. The van der Waals surface area contributed by atoms with Gasteiger partial charge >= 0.3 is 23.1 Å². The first kappa shape index (κ1) is 20.4. The van der Waals surface area contributed by atoms with Gasteiger partial charge in [-0.2, -0.15) is 0 Å². The van der Waals surface area contributed by atoms with Crippen LogP contribution in [0.1, 0.15) is 27.7 Å². The van der Waals surface area contributed by atoms with Crippen LogP contribution in [0.5, 0.6) is 0 Å². The monoisotopic (exact) mass is 300 g/mol. The molecule has 0 spiro atoms. The lowest BCUT2D eigenvalue weighted by molar-refractivity contribution is 0.145. The summed E-state index contributed by atoms with van der Waals surface area (Å²) in [6, 6.07) is 0. The fourth-order valence-corrected chi connectivity index (χ4v) is 4.08. The largest absolute Gasteiger partial charge is 0.380 e. The number of rotatable bonds is 5. The average Bonchev–Trinajstić information content (AvgIpc) is 1.97. The Morgan fingerprint density at radius 1 is 0.824 bits per heavy atom. The molecule has 0 fully saturated rings. The van der Waals surface area contributed by atoms with Crippen molar-refractivity contribution < 1.29 is 29.1 Å². The summed E-state index contributed by atoms with van der Waals surface area (Å²) in [6.45, 7) is 4.67. The molecule has 102 valence electrons. The number of aliphatic hydroxyl groups is 2. The molecule has 17 heavy (non-hydrogen) atoms. The number of hydrogen-bond acceptors (Lipinski definition) is 4. The van der Waals surface area contributed by atoms with E-state index in [1.807, 2.05) is 0 Å². The van der Waals surface area contributed by atoms with E-state index >= 15 is 0 Å². The molecule has 0 aromatic heterocycles. The quantitative estimate of drug-likeness (QED) is 0.422. The normalized spacial score (nSPS) is 20.0. The van der Waals surface area contributed by atoms with Gasteiger partial charge in [0.1, 0.15) is 10.7 Å². The second-order valence-corrected chi connectivity index (χ2v) is 10.7. The van der Waals surface area contributed by atoms with Gasteiger partial charge in [0.25, 0.3) is 0 Å². The molecule has 0 aliphatic rings. The smallest absolute Gasteiger partial charge is 0.316 e. The topological polar surface area (TPSA) is 115 Å². The van der Waals surface area contributed by atoms with Crippen molar-refractivity contribution in [3.05, 3.63) is 0 Å². The van der Waals surface area contributed by atoms with E-state index in [9.17, 15) is 29.1 Å². The van der Waals surface area contributed by atoms with Crippen LogP contribution in [0.25, 0.3) is 0 Å². The van der Waals surface area contributed by atoms with Gasteiger partial charge in [-0.25, -0.2) is 0 Å². The zero-order valence-corrected chi connectivity index (χ0v) is 11.7. The van der Waals surface area contributed by atoms with Crippen LogP contribution < -0.4 is 0 Å². The molecule has 0 aromatic rings. The van der Waals surface area contributed by atoms with Crippen LogP contribution in [0.2, 0.25) is 0 Å². The maximum atomic E-state index is 11.6. The van der Waals surface area contributed by atoms with Gasteiger partial charge in [-0.05, 0) is 27.7 Å². The van der Waals surface area contributed by atoms with Gasteiger partial charge in [0.15, 0.2) is 0 Å². The molecule has 2 unspecified atom stereocenters. The molecule has 0 aromatic carbocycles. The third kappa shape index (κ3) is 5.70. The molecule has 0 aliphatic carbocycles. The Morgan fingerprint density at radius 2 is 1.00 bits per heavy atom. The van der Waals surface area contributed by atoms with E-state index in [0.717, 1.165) is 0 Å². The molecule has 0 saturated carbocycles. The lowest BCUT2D eigenvalue weighted by Gasteiger charge is -2.28. The zero-order valence-electron chi connectivity index (χ0n) is 9.91. The average molecular weight is 301 g/mol. The van der Waals surface area contributed by atoms with Crippen LogP contribution in [-0.2, 0) is 9.13 Å². The predicted molar refractivity (Wildman–Crippen MR) is 70.5 cm³/mol. The van der Waals surface area contributed by atoms with Crippen molar-refractivity contribution >= 4 is 37.8 Å². The lowest BCUT2D eigenvalue weighted by atomic mass is 10.5. The SMILES string of the molecule is CC(C)(O)P(=O)(O)CCP(=O)(O)C(C)(C)O.[MgH2]. The number of hydrogen-bond donors (Lipinski definition) is 4. The minimum absolute atomic E-state index is 0. The molecular weight excluding hydrogens is 278 g/mol. The molecule has 0 saturated heterocycles. The van der Waals surface area contributed by atoms with Crippen molar-refractivity contribution in [2.24, 2.45) is 0 Å². The second kappa shape index (κ2) is 6.01. The molecule has 0 heterocycles. The van der Waals surface area contributed by atoms with E-state index in [1.165, 1.54) is 27.7 Å². The van der Waals surface area contributed by atoms with E-state index < -0.39 is 37.7 Å². The van der Waals surface area contributed by atoms with Gasteiger partial charge in [0.05, 0.1) is 0 Å². The summed E-state index contributed by atoms with van der Waals surface area (Å²) in [5.41, 5.74) is 0. The highest BCUT2D eigenvalue weighted by atomic mass is 31.2. The first-order valence-electron chi connectivity index (χ1n) is 4.79. The van der Waals surface area contributed by atoms with Crippen LogP contribution in [0.15, 0.2) is 0 Å². The van der Waals surface area contributed by atoms with Crippen LogP contribution in [-0.4, -0.2) is 66.1 Å². The summed E-state index contributed by atoms with van der Waals surface area (Å²) >= 11 is 0. The van der Waals surface area contributed by atoms with Crippen molar-refractivity contribution in [1.82, 2.24) is 0 Å².